The van der Waals surface area contributed by atoms with Crippen molar-refractivity contribution in [3.63, 3.8) is 0 Å². The normalized spacial score (nSPS) is 24.3. The molecule has 2 aromatic rings. The summed E-state index contributed by atoms with van der Waals surface area (Å²) in [5.41, 5.74) is 7.72. The van der Waals surface area contributed by atoms with Gasteiger partial charge in [0.2, 0.25) is 16.0 Å². The Hall–Kier alpha value is -2.30. The molecule has 10 heteroatoms. The van der Waals surface area contributed by atoms with Gasteiger partial charge in [0, 0.05) is 31.2 Å². The molecule has 2 aliphatic heterocycles. The van der Waals surface area contributed by atoms with Crippen molar-refractivity contribution in [2.24, 2.45) is 16.0 Å². The van der Waals surface area contributed by atoms with E-state index in [1.54, 1.807) is 29.1 Å². The number of ether oxygens (including phenoxy) is 1. The summed E-state index contributed by atoms with van der Waals surface area (Å²) in [6.45, 7) is 1.43. The molecule has 4 heterocycles. The van der Waals surface area contributed by atoms with Crippen molar-refractivity contribution in [2.75, 3.05) is 25.5 Å². The van der Waals surface area contributed by atoms with E-state index in [0.29, 0.717) is 30.9 Å². The molecule has 0 saturated carbocycles. The average Bonchev–Trinajstić information content (AvgIpc) is 3.01. The van der Waals surface area contributed by atoms with Gasteiger partial charge in [0.05, 0.1) is 6.54 Å². The second kappa shape index (κ2) is 6.70. The molecule has 1 atom stereocenters. The zero-order valence-electron chi connectivity index (χ0n) is 14.8. The molecular weight excluding hydrogens is 368 g/mol. The molecule has 1 saturated heterocycles. The Morgan fingerprint density at radius 1 is 1.30 bits per heavy atom. The number of aromatic nitrogens is 3. The van der Waals surface area contributed by atoms with E-state index in [4.69, 9.17) is 15.6 Å². The minimum absolute atomic E-state index is 0.130. The minimum atomic E-state index is -3.85. The highest BCUT2D eigenvalue weighted by Crippen LogP contribution is 2.35. The van der Waals surface area contributed by atoms with E-state index in [0.717, 1.165) is 18.4 Å². The number of anilines is 1. The lowest BCUT2D eigenvalue weighted by Crippen LogP contribution is -2.47. The molecule has 2 aliphatic rings. The summed E-state index contributed by atoms with van der Waals surface area (Å²) in [4.78, 5) is 8.45. The number of pyridine rings is 1. The summed E-state index contributed by atoms with van der Waals surface area (Å²) in [6.07, 6.45) is 7.27. The van der Waals surface area contributed by atoms with Crippen LogP contribution in [0, 0.1) is 5.92 Å². The predicted octanol–water partition coefficient (Wildman–Crippen LogP) is 0.623. The van der Waals surface area contributed by atoms with Crippen molar-refractivity contribution in [1.82, 2.24) is 14.6 Å². The van der Waals surface area contributed by atoms with Crippen LogP contribution in [0.2, 0.25) is 0 Å². The third-order valence-corrected chi connectivity index (χ3v) is 6.78. The zero-order chi connectivity index (χ0) is 19.1. The first-order chi connectivity index (χ1) is 12.9. The second-order valence-corrected chi connectivity index (χ2v) is 9.03. The van der Waals surface area contributed by atoms with Crippen LogP contribution >= 0.6 is 0 Å². The quantitative estimate of drug-likeness (QED) is 0.785. The van der Waals surface area contributed by atoms with Gasteiger partial charge in [-0.05, 0) is 42.9 Å². The molecule has 4 N–H and O–H groups in total. The van der Waals surface area contributed by atoms with Crippen LogP contribution in [0.1, 0.15) is 24.8 Å². The number of fused-ring (bicyclic) bond motifs is 1. The van der Waals surface area contributed by atoms with E-state index < -0.39 is 14.8 Å². The van der Waals surface area contributed by atoms with Gasteiger partial charge in [0.25, 0.3) is 0 Å². The van der Waals surface area contributed by atoms with Crippen molar-refractivity contribution in [3.8, 4) is 0 Å². The Bertz CT molecular complexity index is 1020. The SMILES string of the molecule is Nc1nc2ccc(C3=CC(CC4CCOCC4)(S(N)(=O)=O)CN=C3)cn2n1. The fourth-order valence-corrected chi connectivity index (χ4v) is 4.76. The first-order valence-electron chi connectivity index (χ1n) is 8.81. The van der Waals surface area contributed by atoms with Gasteiger partial charge < -0.3 is 10.5 Å². The Balaban J connectivity index is 1.73. The summed E-state index contributed by atoms with van der Waals surface area (Å²) in [7, 11) is -3.85. The third-order valence-electron chi connectivity index (χ3n) is 5.23. The smallest absolute Gasteiger partial charge is 0.240 e. The van der Waals surface area contributed by atoms with Gasteiger partial charge in [-0.1, -0.05) is 6.08 Å². The van der Waals surface area contributed by atoms with Crippen LogP contribution in [0.15, 0.2) is 29.4 Å². The number of nitrogens with zero attached hydrogens (tertiary/aromatic N) is 4. The summed E-state index contributed by atoms with van der Waals surface area (Å²) in [5.74, 6) is 0.414. The number of nitrogens with two attached hydrogens (primary N) is 2. The lowest BCUT2D eigenvalue weighted by Gasteiger charge is -2.34. The topological polar surface area (TPSA) is 138 Å². The van der Waals surface area contributed by atoms with E-state index in [9.17, 15) is 8.42 Å². The molecule has 27 heavy (non-hydrogen) atoms. The third kappa shape index (κ3) is 3.47. The highest BCUT2D eigenvalue weighted by Gasteiger charge is 2.43. The Morgan fingerprint density at radius 3 is 2.81 bits per heavy atom. The number of sulfonamides is 1. The Morgan fingerprint density at radius 2 is 2.07 bits per heavy atom. The van der Waals surface area contributed by atoms with Gasteiger partial charge in [0.15, 0.2) is 5.65 Å². The number of aliphatic imine (C=N–C) groups is 1. The number of nitrogen functional groups attached to an aromatic ring is 1. The maximum absolute atomic E-state index is 12.6. The highest BCUT2D eigenvalue weighted by atomic mass is 32.2. The molecule has 1 fully saturated rings. The second-order valence-electron chi connectivity index (χ2n) is 7.13. The number of primary sulfonamides is 1. The standard InChI is InChI=1S/C17H22N6O3S/c18-16-21-15-2-1-13(10-23(15)22-16)14-8-17(11-20-9-14,27(19,24)25)7-12-3-5-26-6-4-12/h1-2,8-10,12H,3-7,11H2,(H2,18,22)(H2,19,24,25). The van der Waals surface area contributed by atoms with Gasteiger partial charge in [-0.15, -0.1) is 5.10 Å². The molecule has 0 aliphatic carbocycles. The van der Waals surface area contributed by atoms with Crippen LogP contribution in [0.5, 0.6) is 0 Å². The minimum Gasteiger partial charge on any atom is -0.381 e. The van der Waals surface area contributed by atoms with Gasteiger partial charge in [-0.2, -0.15) is 4.98 Å². The Labute approximate surface area is 157 Å². The average molecular weight is 390 g/mol. The maximum Gasteiger partial charge on any atom is 0.240 e. The van der Waals surface area contributed by atoms with Gasteiger partial charge >= 0.3 is 0 Å². The lowest BCUT2D eigenvalue weighted by molar-refractivity contribution is 0.0618. The summed E-state index contributed by atoms with van der Waals surface area (Å²) in [5, 5.41) is 9.78. The number of dihydropyridines is 1. The molecule has 144 valence electrons. The molecule has 0 amide bonds. The molecular formula is C17H22N6O3S. The van der Waals surface area contributed by atoms with Crippen molar-refractivity contribution in [2.45, 2.75) is 24.0 Å². The largest absolute Gasteiger partial charge is 0.381 e. The van der Waals surface area contributed by atoms with Crippen LogP contribution in [0.4, 0.5) is 5.95 Å². The fraction of sp³-hybridized carbons (Fsp3) is 0.471. The number of rotatable bonds is 4. The van der Waals surface area contributed by atoms with E-state index in [1.165, 1.54) is 0 Å². The van der Waals surface area contributed by atoms with Crippen molar-refractivity contribution < 1.29 is 13.2 Å². The molecule has 9 nitrogen and oxygen atoms in total. The first-order valence-corrected chi connectivity index (χ1v) is 10.4. The maximum atomic E-state index is 12.6. The van der Waals surface area contributed by atoms with Crippen LogP contribution in [0.3, 0.4) is 0 Å². The van der Waals surface area contributed by atoms with Crippen molar-refractivity contribution in [3.05, 3.63) is 30.0 Å². The monoisotopic (exact) mass is 390 g/mol. The number of allylic oxidation sites excluding steroid dienone is 1. The van der Waals surface area contributed by atoms with Gasteiger partial charge in [-0.3, -0.25) is 4.99 Å². The molecule has 4 rings (SSSR count). The van der Waals surface area contributed by atoms with Crippen LogP contribution in [-0.2, 0) is 14.8 Å². The highest BCUT2D eigenvalue weighted by molar-refractivity contribution is 7.90. The van der Waals surface area contributed by atoms with Crippen LogP contribution in [0.25, 0.3) is 11.2 Å². The lowest BCUT2D eigenvalue weighted by atomic mass is 9.85. The molecule has 0 aromatic carbocycles. The van der Waals surface area contributed by atoms with Gasteiger partial charge in [0.1, 0.15) is 4.75 Å². The zero-order valence-corrected chi connectivity index (χ0v) is 15.6. The fourth-order valence-electron chi connectivity index (χ4n) is 3.74. The molecule has 2 aromatic heterocycles. The summed E-state index contributed by atoms with van der Waals surface area (Å²) in [6, 6.07) is 3.62. The number of hydrogen-bond donors (Lipinski definition) is 2. The summed E-state index contributed by atoms with van der Waals surface area (Å²) < 4.78 is 30.9. The van der Waals surface area contributed by atoms with Crippen molar-refractivity contribution in [1.29, 1.82) is 0 Å². The predicted molar refractivity (Wildman–Crippen MR) is 103 cm³/mol. The Kier molecular flexibility index (Phi) is 4.49. The van der Waals surface area contributed by atoms with E-state index in [2.05, 4.69) is 15.1 Å². The van der Waals surface area contributed by atoms with Crippen molar-refractivity contribution >= 4 is 33.4 Å². The number of hydrogen-bond acceptors (Lipinski definition) is 7. The van der Waals surface area contributed by atoms with Crippen LogP contribution in [-0.4, -0.2) is 53.7 Å². The van der Waals surface area contributed by atoms with Gasteiger partial charge in [-0.25, -0.2) is 18.1 Å². The molecule has 0 bridgehead atoms. The molecule has 1 unspecified atom stereocenters. The molecule has 0 radical (unpaired) electrons. The van der Waals surface area contributed by atoms with Crippen LogP contribution < -0.4 is 10.9 Å². The molecule has 0 spiro atoms. The van der Waals surface area contributed by atoms with E-state index in [-0.39, 0.29) is 18.4 Å². The van der Waals surface area contributed by atoms with E-state index >= 15 is 0 Å². The summed E-state index contributed by atoms with van der Waals surface area (Å²) >= 11 is 0. The van der Waals surface area contributed by atoms with E-state index in [1.807, 2.05) is 6.07 Å². The first kappa shape index (κ1) is 18.1.